The van der Waals surface area contributed by atoms with E-state index in [9.17, 15) is 9.59 Å². The third kappa shape index (κ3) is 2.70. The molecule has 0 spiro atoms. The molecule has 100 valence electrons. The highest BCUT2D eigenvalue weighted by atomic mass is 35.5. The second-order valence-electron chi connectivity index (χ2n) is 4.40. The van der Waals surface area contributed by atoms with Gasteiger partial charge < -0.3 is 0 Å². The normalized spacial score (nSPS) is 10.1. The summed E-state index contributed by atoms with van der Waals surface area (Å²) in [7, 11) is 0. The minimum Gasteiger partial charge on any atom is -0.289 e. The highest BCUT2D eigenvalue weighted by molar-refractivity contribution is 6.31. The summed E-state index contributed by atoms with van der Waals surface area (Å²) in [5.41, 5.74) is 2.04. The van der Waals surface area contributed by atoms with Gasteiger partial charge in [-0.15, -0.1) is 0 Å². The lowest BCUT2D eigenvalue weighted by atomic mass is 9.94. The van der Waals surface area contributed by atoms with Crippen molar-refractivity contribution >= 4 is 23.2 Å². The smallest absolute Gasteiger partial charge is 0.194 e. The predicted octanol–water partition coefficient (Wildman–Crippen LogP) is 4.25. The van der Waals surface area contributed by atoms with Gasteiger partial charge in [0.2, 0.25) is 0 Å². The van der Waals surface area contributed by atoms with E-state index < -0.39 is 0 Å². The maximum atomic E-state index is 12.6. The fourth-order valence-corrected chi connectivity index (χ4v) is 2.16. The molecule has 2 rings (SSSR count). The Kier molecular flexibility index (Phi) is 4.16. The number of halogens is 1. The zero-order chi connectivity index (χ0) is 14.7. The summed E-state index contributed by atoms with van der Waals surface area (Å²) >= 11 is 5.94. The van der Waals surface area contributed by atoms with Crippen LogP contribution in [0.15, 0.2) is 55.1 Å². The second kappa shape index (κ2) is 5.85. The largest absolute Gasteiger partial charge is 0.289 e. The number of benzene rings is 2. The number of rotatable bonds is 4. The first kappa shape index (κ1) is 14.2. The molecular formula is C17H13ClO2. The van der Waals surface area contributed by atoms with Gasteiger partial charge >= 0.3 is 0 Å². The molecule has 2 aromatic rings. The quantitative estimate of drug-likeness (QED) is 0.621. The molecule has 0 radical (unpaired) electrons. The van der Waals surface area contributed by atoms with Crippen LogP contribution < -0.4 is 0 Å². The summed E-state index contributed by atoms with van der Waals surface area (Å²) in [5.74, 6) is -0.482. The van der Waals surface area contributed by atoms with Gasteiger partial charge in [-0.05, 0) is 30.7 Å². The molecule has 2 aromatic carbocycles. The number of aryl methyl sites for hydroxylation is 1. The molecule has 0 aliphatic rings. The number of carbonyl (C=O) groups excluding carboxylic acids is 2. The Hall–Kier alpha value is -2.19. The average molecular weight is 285 g/mol. The van der Waals surface area contributed by atoms with E-state index >= 15 is 0 Å². The maximum Gasteiger partial charge on any atom is 0.194 e. The molecule has 0 fully saturated rings. The molecule has 0 heterocycles. The van der Waals surface area contributed by atoms with Crippen molar-refractivity contribution in [3.8, 4) is 0 Å². The van der Waals surface area contributed by atoms with E-state index in [4.69, 9.17) is 11.6 Å². The molecule has 0 amide bonds. The summed E-state index contributed by atoms with van der Waals surface area (Å²) in [6.45, 7) is 5.29. The van der Waals surface area contributed by atoms with Crippen LogP contribution >= 0.6 is 11.6 Å². The lowest BCUT2D eigenvalue weighted by Gasteiger charge is -2.09. The van der Waals surface area contributed by atoms with E-state index in [1.165, 1.54) is 6.08 Å². The summed E-state index contributed by atoms with van der Waals surface area (Å²) in [5, 5.41) is 0.492. The predicted molar refractivity (Wildman–Crippen MR) is 80.6 cm³/mol. The standard InChI is InChI=1S/C17H13ClO2/c1-3-16(19)13-6-4-5-7-14(13)17(20)15-10-12(18)9-8-11(15)2/h3-10H,1H2,2H3. The highest BCUT2D eigenvalue weighted by Gasteiger charge is 2.18. The Bertz CT molecular complexity index is 702. The topological polar surface area (TPSA) is 34.1 Å². The van der Waals surface area contributed by atoms with Crippen LogP contribution in [-0.4, -0.2) is 11.6 Å². The number of allylic oxidation sites excluding steroid dienone is 1. The number of ketones is 2. The molecule has 2 nitrogen and oxygen atoms in total. The van der Waals surface area contributed by atoms with Crippen LogP contribution in [0.5, 0.6) is 0 Å². The molecular weight excluding hydrogens is 272 g/mol. The minimum atomic E-state index is -0.270. The van der Waals surface area contributed by atoms with Crippen LogP contribution in [0.1, 0.15) is 31.8 Å². The van der Waals surface area contributed by atoms with Gasteiger partial charge in [-0.3, -0.25) is 9.59 Å². The molecule has 0 aromatic heterocycles. The van der Waals surface area contributed by atoms with Crippen LogP contribution in [0.25, 0.3) is 0 Å². The van der Waals surface area contributed by atoms with Crippen LogP contribution in [0.2, 0.25) is 5.02 Å². The second-order valence-corrected chi connectivity index (χ2v) is 4.84. The molecule has 0 atom stereocenters. The summed E-state index contributed by atoms with van der Waals surface area (Å²) < 4.78 is 0. The third-order valence-corrected chi connectivity index (χ3v) is 3.30. The van der Waals surface area contributed by atoms with Crippen molar-refractivity contribution in [1.82, 2.24) is 0 Å². The van der Waals surface area contributed by atoms with E-state index in [0.29, 0.717) is 21.7 Å². The van der Waals surface area contributed by atoms with Crippen molar-refractivity contribution in [2.75, 3.05) is 0 Å². The first-order chi connectivity index (χ1) is 9.54. The van der Waals surface area contributed by atoms with E-state index in [-0.39, 0.29) is 11.6 Å². The molecule has 0 unspecified atom stereocenters. The molecule has 20 heavy (non-hydrogen) atoms. The van der Waals surface area contributed by atoms with Crippen LogP contribution in [0.4, 0.5) is 0 Å². The maximum absolute atomic E-state index is 12.6. The first-order valence-electron chi connectivity index (χ1n) is 6.11. The molecule has 0 saturated heterocycles. The Labute approximate surface area is 122 Å². The van der Waals surface area contributed by atoms with Crippen LogP contribution in [0.3, 0.4) is 0 Å². The molecule has 0 aliphatic carbocycles. The Morgan fingerprint density at radius 3 is 2.35 bits per heavy atom. The average Bonchev–Trinajstić information content (AvgIpc) is 2.48. The van der Waals surface area contributed by atoms with E-state index in [2.05, 4.69) is 6.58 Å². The molecule has 0 N–H and O–H groups in total. The third-order valence-electron chi connectivity index (χ3n) is 3.07. The molecule has 0 bridgehead atoms. The van der Waals surface area contributed by atoms with Crippen molar-refractivity contribution in [3.05, 3.63) is 82.4 Å². The SMILES string of the molecule is C=CC(=O)c1ccccc1C(=O)c1cc(Cl)ccc1C. The van der Waals surface area contributed by atoms with E-state index in [1.807, 2.05) is 6.92 Å². The Morgan fingerprint density at radius 1 is 1.05 bits per heavy atom. The van der Waals surface area contributed by atoms with Gasteiger partial charge in [-0.25, -0.2) is 0 Å². The zero-order valence-electron chi connectivity index (χ0n) is 11.0. The summed E-state index contributed by atoms with van der Waals surface area (Å²) in [4.78, 5) is 24.4. The number of hydrogen-bond acceptors (Lipinski definition) is 2. The Morgan fingerprint density at radius 2 is 1.70 bits per heavy atom. The first-order valence-corrected chi connectivity index (χ1v) is 6.49. The van der Waals surface area contributed by atoms with Crippen LogP contribution in [-0.2, 0) is 0 Å². The van der Waals surface area contributed by atoms with Crippen LogP contribution in [0, 0.1) is 6.92 Å². The minimum absolute atomic E-state index is 0.212. The van der Waals surface area contributed by atoms with Gasteiger partial charge in [-0.1, -0.05) is 48.5 Å². The molecule has 0 saturated carbocycles. The van der Waals surface area contributed by atoms with Gasteiger partial charge in [0.05, 0.1) is 0 Å². The van der Waals surface area contributed by atoms with Crippen molar-refractivity contribution in [2.45, 2.75) is 6.92 Å². The summed E-state index contributed by atoms with van der Waals surface area (Å²) in [6.07, 6.45) is 1.21. The molecule has 3 heteroatoms. The zero-order valence-corrected chi connectivity index (χ0v) is 11.8. The fourth-order valence-electron chi connectivity index (χ4n) is 1.99. The number of hydrogen-bond donors (Lipinski definition) is 0. The van der Waals surface area contributed by atoms with E-state index in [0.717, 1.165) is 5.56 Å². The van der Waals surface area contributed by atoms with Gasteiger partial charge in [0, 0.05) is 21.7 Å². The molecule has 0 aliphatic heterocycles. The van der Waals surface area contributed by atoms with Gasteiger partial charge in [0.15, 0.2) is 11.6 Å². The fraction of sp³-hybridized carbons (Fsp3) is 0.0588. The number of carbonyl (C=O) groups is 2. The lowest BCUT2D eigenvalue weighted by Crippen LogP contribution is -2.10. The van der Waals surface area contributed by atoms with Crippen molar-refractivity contribution in [1.29, 1.82) is 0 Å². The van der Waals surface area contributed by atoms with E-state index in [1.54, 1.807) is 42.5 Å². The van der Waals surface area contributed by atoms with Gasteiger partial charge in [-0.2, -0.15) is 0 Å². The van der Waals surface area contributed by atoms with Crippen molar-refractivity contribution in [3.63, 3.8) is 0 Å². The van der Waals surface area contributed by atoms with Crippen molar-refractivity contribution < 1.29 is 9.59 Å². The van der Waals surface area contributed by atoms with Crippen molar-refractivity contribution in [2.24, 2.45) is 0 Å². The highest BCUT2D eigenvalue weighted by Crippen LogP contribution is 2.21. The monoisotopic (exact) mass is 284 g/mol. The Balaban J connectivity index is 2.57. The lowest BCUT2D eigenvalue weighted by molar-refractivity contribution is 0.101. The van der Waals surface area contributed by atoms with Gasteiger partial charge in [0.1, 0.15) is 0 Å². The summed E-state index contributed by atoms with van der Waals surface area (Å²) in [6, 6.07) is 11.8. The van der Waals surface area contributed by atoms with Gasteiger partial charge in [0.25, 0.3) is 0 Å².